The number of anilines is 1. The van der Waals surface area contributed by atoms with Crippen molar-refractivity contribution in [2.45, 2.75) is 33.5 Å². The maximum absolute atomic E-state index is 2.44. The molecule has 0 atom stereocenters. The molecule has 0 saturated carbocycles. The zero-order valence-electron chi connectivity index (χ0n) is 14.2. The Hall–Kier alpha value is -2.03. The number of aryl methyl sites for hydroxylation is 1. The van der Waals surface area contributed by atoms with Crippen LogP contribution in [0.5, 0.6) is 0 Å². The first kappa shape index (κ1) is 14.9. The highest BCUT2D eigenvalue weighted by Gasteiger charge is 2.31. The molecule has 1 aromatic carbocycles. The molecule has 2 aromatic rings. The van der Waals surface area contributed by atoms with Crippen LogP contribution < -0.4 is 19.8 Å². The molecule has 0 fully saturated rings. The van der Waals surface area contributed by atoms with Crippen molar-refractivity contribution in [3.63, 3.8) is 0 Å². The summed E-state index contributed by atoms with van der Waals surface area (Å²) in [4.78, 5) is 2.44. The fraction of sp³-hybridized carbons (Fsp3) is 0.316. The summed E-state index contributed by atoms with van der Waals surface area (Å²) in [5.41, 5.74) is 2.70. The van der Waals surface area contributed by atoms with Crippen LogP contribution in [0.25, 0.3) is 11.7 Å². The van der Waals surface area contributed by atoms with E-state index in [4.69, 9.17) is 0 Å². The molecule has 2 heterocycles. The Balaban J connectivity index is 2.21. The van der Waals surface area contributed by atoms with E-state index in [0.717, 1.165) is 0 Å². The first-order valence-electron chi connectivity index (χ1n) is 8.05. The minimum Gasteiger partial charge on any atom is -0.291 e. The molecule has 3 heteroatoms. The van der Waals surface area contributed by atoms with Gasteiger partial charge in [0, 0.05) is 11.3 Å². The lowest BCUT2D eigenvalue weighted by atomic mass is 9.60. The Bertz CT molecular complexity index is 824. The van der Waals surface area contributed by atoms with Gasteiger partial charge in [0.2, 0.25) is 0 Å². The molecule has 112 valence electrons. The summed E-state index contributed by atoms with van der Waals surface area (Å²) in [6.07, 6.45) is 2.17. The van der Waals surface area contributed by atoms with Crippen LogP contribution in [0.1, 0.15) is 32.3 Å². The van der Waals surface area contributed by atoms with E-state index in [1.54, 1.807) is 0 Å². The predicted octanol–water partition coefficient (Wildman–Crippen LogP) is 2.22. The van der Waals surface area contributed by atoms with Gasteiger partial charge >= 0.3 is 6.85 Å². The van der Waals surface area contributed by atoms with Gasteiger partial charge in [-0.25, -0.2) is 4.57 Å². The van der Waals surface area contributed by atoms with E-state index in [1.165, 1.54) is 27.5 Å². The highest BCUT2D eigenvalue weighted by Crippen LogP contribution is 2.23. The van der Waals surface area contributed by atoms with Gasteiger partial charge in [-0.2, -0.15) is 0 Å². The highest BCUT2D eigenvalue weighted by atomic mass is 15.2. The molecular formula is C19H24BN2+. The van der Waals surface area contributed by atoms with Crippen LogP contribution >= 0.6 is 0 Å². The number of hydrogen-bond donors (Lipinski definition) is 0. The summed E-state index contributed by atoms with van der Waals surface area (Å²) in [6, 6.07) is 13.2. The molecule has 0 N–H and O–H groups in total. The zero-order valence-corrected chi connectivity index (χ0v) is 14.2. The van der Waals surface area contributed by atoms with Crippen molar-refractivity contribution in [2.24, 2.45) is 7.05 Å². The van der Waals surface area contributed by atoms with Crippen molar-refractivity contribution in [2.75, 3.05) is 4.81 Å². The average Bonchev–Trinajstić information content (AvgIpc) is 2.48. The third-order valence-electron chi connectivity index (χ3n) is 4.60. The second kappa shape index (κ2) is 5.64. The molecular weight excluding hydrogens is 267 g/mol. The van der Waals surface area contributed by atoms with E-state index in [1.807, 2.05) is 0 Å². The molecule has 1 aromatic heterocycles. The van der Waals surface area contributed by atoms with Crippen molar-refractivity contribution in [3.05, 3.63) is 58.6 Å². The van der Waals surface area contributed by atoms with E-state index in [-0.39, 0.29) is 0 Å². The molecule has 1 aliphatic heterocycles. The van der Waals surface area contributed by atoms with Gasteiger partial charge < -0.3 is 0 Å². The van der Waals surface area contributed by atoms with Crippen LogP contribution in [0.2, 0.25) is 6.82 Å². The van der Waals surface area contributed by atoms with Gasteiger partial charge in [0.1, 0.15) is 0 Å². The second-order valence-electron chi connectivity index (χ2n) is 6.53. The number of fused-ring (bicyclic) bond motifs is 1. The van der Waals surface area contributed by atoms with E-state index in [0.29, 0.717) is 12.8 Å². The lowest BCUT2D eigenvalue weighted by Gasteiger charge is -2.25. The quantitative estimate of drug-likeness (QED) is 0.608. The number of rotatable bonds is 2. The fourth-order valence-electron chi connectivity index (χ4n) is 3.29. The Morgan fingerprint density at radius 1 is 1.14 bits per heavy atom. The standard InChI is InChI=1S/C19H24BN2/c1-14(2)16-10-11-21(5)19(12-16)22-15(3)18-9-7-6-8-17(18)13-20(22)4/h6-14H,1-5H3/q+1. The number of nitrogens with zero attached hydrogens (tertiary/aromatic N) is 2. The molecule has 2 nitrogen and oxygen atoms in total. The van der Waals surface area contributed by atoms with E-state index in [9.17, 15) is 0 Å². The van der Waals surface area contributed by atoms with Crippen LogP contribution in [0, 0.1) is 0 Å². The third kappa shape index (κ3) is 2.45. The van der Waals surface area contributed by atoms with Crippen LogP contribution in [-0.4, -0.2) is 6.85 Å². The van der Waals surface area contributed by atoms with Gasteiger partial charge in [0.25, 0.3) is 5.82 Å². The minimum atomic E-state index is 0.350. The van der Waals surface area contributed by atoms with Crippen molar-refractivity contribution >= 4 is 24.3 Å². The van der Waals surface area contributed by atoms with Gasteiger partial charge in [-0.3, -0.25) is 4.81 Å². The average molecular weight is 291 g/mol. The number of hydrogen-bond acceptors (Lipinski definition) is 1. The first-order valence-corrected chi connectivity index (χ1v) is 8.05. The number of benzene rings is 1. The molecule has 22 heavy (non-hydrogen) atoms. The molecule has 0 bridgehead atoms. The fourth-order valence-corrected chi connectivity index (χ4v) is 3.29. The number of pyridine rings is 1. The molecule has 0 aliphatic carbocycles. The molecule has 0 radical (unpaired) electrons. The lowest BCUT2D eigenvalue weighted by molar-refractivity contribution is -0.658. The van der Waals surface area contributed by atoms with Crippen molar-refractivity contribution in [1.82, 2.24) is 0 Å². The lowest BCUT2D eigenvalue weighted by Crippen LogP contribution is -2.50. The van der Waals surface area contributed by atoms with Crippen molar-refractivity contribution in [3.8, 4) is 0 Å². The predicted molar refractivity (Wildman–Crippen MR) is 95.0 cm³/mol. The molecule has 0 spiro atoms. The topological polar surface area (TPSA) is 7.12 Å². The summed E-state index contributed by atoms with van der Waals surface area (Å²) in [7, 11) is 2.12. The summed E-state index contributed by atoms with van der Waals surface area (Å²) < 4.78 is 2.22. The number of aromatic nitrogens is 1. The molecule has 0 amide bonds. The molecule has 0 saturated heterocycles. The van der Waals surface area contributed by atoms with E-state index < -0.39 is 0 Å². The Kier molecular flexibility index (Phi) is 3.82. The van der Waals surface area contributed by atoms with Crippen molar-refractivity contribution < 1.29 is 4.57 Å². The molecule has 0 unspecified atom stereocenters. The molecule has 1 aliphatic rings. The van der Waals surface area contributed by atoms with Gasteiger partial charge in [0.15, 0.2) is 0 Å². The second-order valence-corrected chi connectivity index (χ2v) is 6.53. The Morgan fingerprint density at radius 2 is 1.86 bits per heavy atom. The SMILES string of the molecule is CB1C=c2ccccc2=C(C)N1c1cc(C(C)C)cc[n+]1C. The van der Waals surface area contributed by atoms with Gasteiger partial charge in [-0.15, -0.1) is 0 Å². The maximum Gasteiger partial charge on any atom is 0.402 e. The minimum absolute atomic E-state index is 0.350. The van der Waals surface area contributed by atoms with Crippen LogP contribution in [0.3, 0.4) is 0 Å². The van der Waals surface area contributed by atoms with Gasteiger partial charge in [0.05, 0.1) is 18.9 Å². The monoisotopic (exact) mass is 291 g/mol. The van der Waals surface area contributed by atoms with E-state index in [2.05, 4.69) is 92.6 Å². The summed E-state index contributed by atoms with van der Waals surface area (Å²) in [6.45, 7) is 9.34. The van der Waals surface area contributed by atoms with E-state index >= 15 is 0 Å². The highest BCUT2D eigenvalue weighted by molar-refractivity contribution is 6.77. The first-order chi connectivity index (χ1) is 10.5. The normalized spacial score (nSPS) is 14.2. The summed E-state index contributed by atoms with van der Waals surface area (Å²) >= 11 is 0. The molecule has 3 rings (SSSR count). The largest absolute Gasteiger partial charge is 0.402 e. The summed E-state index contributed by atoms with van der Waals surface area (Å²) in [5.74, 6) is 4.14. The van der Waals surface area contributed by atoms with Crippen LogP contribution in [0.4, 0.5) is 5.82 Å². The summed E-state index contributed by atoms with van der Waals surface area (Å²) in [5, 5.41) is 2.67. The maximum atomic E-state index is 2.44. The Labute approximate surface area is 133 Å². The van der Waals surface area contributed by atoms with Crippen LogP contribution in [-0.2, 0) is 7.05 Å². The third-order valence-corrected chi connectivity index (χ3v) is 4.60. The smallest absolute Gasteiger partial charge is 0.291 e. The Morgan fingerprint density at radius 3 is 2.59 bits per heavy atom. The zero-order chi connectivity index (χ0) is 15.9. The van der Waals surface area contributed by atoms with Crippen LogP contribution in [0.15, 0.2) is 42.6 Å². The van der Waals surface area contributed by atoms with Gasteiger partial charge in [-0.1, -0.05) is 44.1 Å². The van der Waals surface area contributed by atoms with Crippen molar-refractivity contribution in [1.29, 1.82) is 0 Å². The van der Waals surface area contributed by atoms with Gasteiger partial charge in [-0.05, 0) is 36.5 Å².